The standard InChI is InChI=1S/C41H53N3O6/c1-2-24-44(36-12-7-8-13-36)28-37-26-38(33-18-16-30(29-45)17-19-33)50-41(49-37)34-22-20-32(21-23-34)35-11-9-10-31(25-35)27-42-39(46)14-5-3-4-6-15-40(47)43-48/h2,9-11,16-23,25,36-38,41,45,48H,1,3-8,12-15,24,26-29H2,(H,42,46)(H,43,47)/t37-,38+,41+/m0/s1. The lowest BCUT2D eigenvalue weighted by Crippen LogP contribution is -2.43. The largest absolute Gasteiger partial charge is 0.392 e. The van der Waals surface area contributed by atoms with Gasteiger partial charge >= 0.3 is 0 Å². The molecule has 3 aromatic carbocycles. The number of rotatable bonds is 18. The molecule has 1 saturated heterocycles. The number of hydrogen-bond acceptors (Lipinski definition) is 7. The molecule has 0 spiro atoms. The highest BCUT2D eigenvalue weighted by atomic mass is 16.7. The molecule has 3 aromatic rings. The Morgan fingerprint density at radius 1 is 0.840 bits per heavy atom. The summed E-state index contributed by atoms with van der Waals surface area (Å²) >= 11 is 0. The van der Waals surface area contributed by atoms with Gasteiger partial charge in [0.05, 0.1) is 18.8 Å². The van der Waals surface area contributed by atoms with E-state index in [9.17, 15) is 14.7 Å². The second kappa shape index (κ2) is 19.5. The monoisotopic (exact) mass is 683 g/mol. The Morgan fingerprint density at radius 3 is 2.22 bits per heavy atom. The van der Waals surface area contributed by atoms with Crippen LogP contribution in [0.3, 0.4) is 0 Å². The van der Waals surface area contributed by atoms with Gasteiger partial charge in [-0.25, -0.2) is 5.48 Å². The number of ether oxygens (including phenoxy) is 2. The molecule has 1 aliphatic carbocycles. The van der Waals surface area contributed by atoms with Crippen molar-refractivity contribution in [2.75, 3.05) is 13.1 Å². The molecule has 3 atom stereocenters. The molecule has 0 bridgehead atoms. The number of carbonyl (C=O) groups excluding carboxylic acids is 2. The average Bonchev–Trinajstić information content (AvgIpc) is 3.70. The van der Waals surface area contributed by atoms with E-state index in [4.69, 9.17) is 14.7 Å². The van der Waals surface area contributed by atoms with Crippen LogP contribution >= 0.6 is 0 Å². The zero-order valence-electron chi connectivity index (χ0n) is 29.1. The molecule has 4 N–H and O–H groups in total. The molecule has 0 unspecified atom stereocenters. The van der Waals surface area contributed by atoms with Crippen molar-refractivity contribution in [1.29, 1.82) is 0 Å². The zero-order valence-corrected chi connectivity index (χ0v) is 29.1. The van der Waals surface area contributed by atoms with Gasteiger partial charge in [-0.1, -0.05) is 98.5 Å². The summed E-state index contributed by atoms with van der Waals surface area (Å²) in [7, 11) is 0. The van der Waals surface area contributed by atoms with Crippen molar-refractivity contribution in [2.24, 2.45) is 0 Å². The lowest BCUT2D eigenvalue weighted by molar-refractivity contribution is -0.253. The van der Waals surface area contributed by atoms with E-state index >= 15 is 0 Å². The van der Waals surface area contributed by atoms with Gasteiger partial charge < -0.3 is 19.9 Å². The molecule has 2 fully saturated rings. The van der Waals surface area contributed by atoms with Gasteiger partial charge in [-0.3, -0.25) is 19.7 Å². The number of aliphatic hydroxyl groups excluding tert-OH is 1. The quantitative estimate of drug-likeness (QED) is 0.0481. The van der Waals surface area contributed by atoms with Crippen molar-refractivity contribution < 1.29 is 29.4 Å². The predicted molar refractivity (Wildman–Crippen MR) is 194 cm³/mol. The summed E-state index contributed by atoms with van der Waals surface area (Å²) in [4.78, 5) is 26.0. The number of amides is 2. The summed E-state index contributed by atoms with van der Waals surface area (Å²) in [6.07, 6.45) is 11.0. The molecule has 5 rings (SSSR count). The predicted octanol–water partition coefficient (Wildman–Crippen LogP) is 7.28. The van der Waals surface area contributed by atoms with Gasteiger partial charge in [-0.2, -0.15) is 0 Å². The van der Waals surface area contributed by atoms with Crippen molar-refractivity contribution in [3.05, 3.63) is 108 Å². The van der Waals surface area contributed by atoms with E-state index in [1.807, 2.05) is 30.3 Å². The molecule has 268 valence electrons. The lowest BCUT2D eigenvalue weighted by Gasteiger charge is -2.39. The maximum absolute atomic E-state index is 12.4. The molecule has 1 aliphatic heterocycles. The van der Waals surface area contributed by atoms with E-state index in [-0.39, 0.29) is 30.6 Å². The first-order chi connectivity index (χ1) is 24.4. The second-order valence-corrected chi connectivity index (χ2v) is 13.6. The molecular formula is C41H53N3O6. The average molecular weight is 684 g/mol. The minimum Gasteiger partial charge on any atom is -0.392 e. The van der Waals surface area contributed by atoms with Crippen LogP contribution in [0.2, 0.25) is 0 Å². The number of aliphatic hydroxyl groups is 1. The van der Waals surface area contributed by atoms with Crippen LogP contribution in [0, 0.1) is 0 Å². The molecular weight excluding hydrogens is 630 g/mol. The van der Waals surface area contributed by atoms with Crippen LogP contribution in [0.25, 0.3) is 11.1 Å². The summed E-state index contributed by atoms with van der Waals surface area (Å²) in [6, 6.07) is 25.2. The Morgan fingerprint density at radius 2 is 1.54 bits per heavy atom. The van der Waals surface area contributed by atoms with Crippen molar-refractivity contribution in [3.8, 4) is 11.1 Å². The number of carbonyl (C=O) groups is 2. The first kappa shape index (κ1) is 37.4. The molecule has 9 heteroatoms. The number of hydrogen-bond donors (Lipinski definition) is 4. The Kier molecular flexibility index (Phi) is 14.6. The van der Waals surface area contributed by atoms with Gasteiger partial charge in [0.25, 0.3) is 0 Å². The normalized spacial score (nSPS) is 19.4. The fourth-order valence-electron chi connectivity index (χ4n) is 7.07. The Balaban J connectivity index is 1.20. The van der Waals surface area contributed by atoms with Crippen molar-refractivity contribution in [3.63, 3.8) is 0 Å². The highest BCUT2D eigenvalue weighted by Crippen LogP contribution is 2.39. The molecule has 2 amide bonds. The second-order valence-electron chi connectivity index (χ2n) is 13.6. The topological polar surface area (TPSA) is 120 Å². The highest BCUT2D eigenvalue weighted by Gasteiger charge is 2.34. The number of benzene rings is 3. The van der Waals surface area contributed by atoms with Gasteiger partial charge in [0.2, 0.25) is 11.8 Å². The zero-order chi connectivity index (χ0) is 35.1. The fourth-order valence-corrected chi connectivity index (χ4v) is 7.07. The van der Waals surface area contributed by atoms with Crippen molar-refractivity contribution >= 4 is 11.8 Å². The third-order valence-corrected chi connectivity index (χ3v) is 9.87. The van der Waals surface area contributed by atoms with E-state index in [0.717, 1.165) is 72.2 Å². The molecule has 9 nitrogen and oxygen atoms in total. The minimum atomic E-state index is -0.513. The van der Waals surface area contributed by atoms with E-state index in [1.165, 1.54) is 25.7 Å². The summed E-state index contributed by atoms with van der Waals surface area (Å²) in [5.74, 6) is -0.365. The number of nitrogens with zero attached hydrogens (tertiary/aromatic N) is 1. The Bertz CT molecular complexity index is 1510. The number of hydroxylamine groups is 1. The highest BCUT2D eigenvalue weighted by molar-refractivity contribution is 5.76. The minimum absolute atomic E-state index is 0.0107. The molecule has 1 saturated carbocycles. The van der Waals surface area contributed by atoms with Gasteiger partial charge in [-0.05, 0) is 59.6 Å². The number of nitrogens with one attached hydrogen (secondary N) is 2. The summed E-state index contributed by atoms with van der Waals surface area (Å²) < 4.78 is 13.3. The van der Waals surface area contributed by atoms with Crippen LogP contribution < -0.4 is 10.8 Å². The van der Waals surface area contributed by atoms with Crippen LogP contribution in [-0.2, 0) is 32.2 Å². The van der Waals surface area contributed by atoms with E-state index in [2.05, 4.69) is 65.3 Å². The fraction of sp³-hybridized carbons (Fsp3) is 0.463. The molecule has 50 heavy (non-hydrogen) atoms. The maximum Gasteiger partial charge on any atom is 0.243 e. The van der Waals surface area contributed by atoms with Gasteiger partial charge in [0.15, 0.2) is 6.29 Å². The first-order valence-electron chi connectivity index (χ1n) is 18.2. The van der Waals surface area contributed by atoms with Gasteiger partial charge in [0, 0.05) is 50.5 Å². The molecule has 0 radical (unpaired) electrons. The van der Waals surface area contributed by atoms with Crippen molar-refractivity contribution in [1.82, 2.24) is 15.7 Å². The van der Waals surface area contributed by atoms with E-state index < -0.39 is 6.29 Å². The lowest BCUT2D eigenvalue weighted by atomic mass is 9.98. The van der Waals surface area contributed by atoms with Crippen LogP contribution in [0.15, 0.2) is 85.5 Å². The Labute approximate surface area is 296 Å². The smallest absolute Gasteiger partial charge is 0.243 e. The van der Waals surface area contributed by atoms with Crippen LogP contribution in [-0.4, -0.2) is 52.3 Å². The van der Waals surface area contributed by atoms with Gasteiger partial charge in [-0.15, -0.1) is 6.58 Å². The molecule has 1 heterocycles. The SMILES string of the molecule is C=CCN(C[C@@H]1C[C@H](c2ccc(CO)cc2)O[C@H](c2ccc(-c3cccc(CNC(=O)CCCCCCC(=O)NO)c3)cc2)O1)C1CCCC1. The van der Waals surface area contributed by atoms with Crippen LogP contribution in [0.4, 0.5) is 0 Å². The molecule has 2 aliphatic rings. The van der Waals surface area contributed by atoms with Crippen LogP contribution in [0.5, 0.6) is 0 Å². The third kappa shape index (κ3) is 11.1. The van der Waals surface area contributed by atoms with Crippen LogP contribution in [0.1, 0.15) is 105 Å². The third-order valence-electron chi connectivity index (χ3n) is 9.87. The first-order valence-corrected chi connectivity index (χ1v) is 18.2. The van der Waals surface area contributed by atoms with E-state index in [0.29, 0.717) is 31.8 Å². The summed E-state index contributed by atoms with van der Waals surface area (Å²) in [6.45, 7) is 6.17. The Hall–Kier alpha value is -3.86. The van der Waals surface area contributed by atoms with Gasteiger partial charge in [0.1, 0.15) is 0 Å². The summed E-state index contributed by atoms with van der Waals surface area (Å²) in [5.41, 5.74) is 7.73. The molecule has 0 aromatic heterocycles. The summed E-state index contributed by atoms with van der Waals surface area (Å²) in [5, 5.41) is 21.1. The van der Waals surface area contributed by atoms with Crippen molar-refractivity contribution in [2.45, 2.75) is 108 Å². The number of unbranched alkanes of at least 4 members (excludes halogenated alkanes) is 3. The van der Waals surface area contributed by atoms with E-state index in [1.54, 1.807) is 5.48 Å². The maximum atomic E-state index is 12.4.